The normalized spacial score (nSPS) is 23.7. The number of thiazole rings is 1. The minimum absolute atomic E-state index is 0.00573. The van der Waals surface area contributed by atoms with Gasteiger partial charge in [0.15, 0.2) is 5.13 Å². The fourth-order valence-corrected chi connectivity index (χ4v) is 6.00. The molecule has 2 aromatic rings. The van der Waals surface area contributed by atoms with Gasteiger partial charge in [-0.3, -0.25) is 4.79 Å². The van der Waals surface area contributed by atoms with Gasteiger partial charge in [0, 0.05) is 17.4 Å². The summed E-state index contributed by atoms with van der Waals surface area (Å²) in [6, 6.07) is 6.12. The molecule has 0 saturated carbocycles. The number of nitrogens with one attached hydrogen (secondary N) is 3. The van der Waals surface area contributed by atoms with Gasteiger partial charge in [-0.25, -0.2) is 9.78 Å². The van der Waals surface area contributed by atoms with Crippen molar-refractivity contribution in [1.29, 1.82) is 0 Å². The average Bonchev–Trinajstić information content (AvgIpc) is 3.31. The summed E-state index contributed by atoms with van der Waals surface area (Å²) in [5, 5.41) is 9.91. The Morgan fingerprint density at radius 3 is 3.11 bits per heavy atom. The first-order valence-electron chi connectivity index (χ1n) is 9.05. The van der Waals surface area contributed by atoms with E-state index in [1.807, 2.05) is 30.0 Å². The number of rotatable bonds is 7. The van der Waals surface area contributed by atoms with Gasteiger partial charge in [-0.05, 0) is 31.0 Å². The van der Waals surface area contributed by atoms with Gasteiger partial charge >= 0.3 is 6.03 Å². The molecule has 9 heteroatoms. The second-order valence-corrected chi connectivity index (χ2v) is 9.07. The molecule has 3 heterocycles. The van der Waals surface area contributed by atoms with Crippen LogP contribution in [0.2, 0.25) is 0 Å². The molecule has 1 aromatic carbocycles. The van der Waals surface area contributed by atoms with Crippen LogP contribution in [0.3, 0.4) is 0 Å². The monoisotopic (exact) mass is 406 g/mol. The molecule has 0 aliphatic carbocycles. The Morgan fingerprint density at radius 1 is 1.37 bits per heavy atom. The minimum Gasteiger partial charge on any atom is -0.497 e. The number of nitrogens with zero attached hydrogens (tertiary/aromatic N) is 1. The molecule has 0 bridgehead atoms. The van der Waals surface area contributed by atoms with Crippen LogP contribution in [0.1, 0.15) is 25.7 Å². The molecule has 3 atom stereocenters. The van der Waals surface area contributed by atoms with E-state index in [0.29, 0.717) is 16.8 Å². The number of carbonyl (C=O) groups is 2. The van der Waals surface area contributed by atoms with E-state index in [4.69, 9.17) is 4.74 Å². The van der Waals surface area contributed by atoms with E-state index in [-0.39, 0.29) is 24.0 Å². The number of benzene rings is 1. The zero-order valence-corrected chi connectivity index (χ0v) is 16.6. The van der Waals surface area contributed by atoms with Crippen molar-refractivity contribution in [3.8, 4) is 5.75 Å². The topological polar surface area (TPSA) is 92.3 Å². The summed E-state index contributed by atoms with van der Waals surface area (Å²) in [6.07, 6.45) is 3.30. The quantitative estimate of drug-likeness (QED) is 0.486. The van der Waals surface area contributed by atoms with E-state index in [1.165, 1.54) is 11.3 Å². The summed E-state index contributed by atoms with van der Waals surface area (Å²) in [4.78, 5) is 28.0. The fourth-order valence-electron chi connectivity index (χ4n) is 3.54. The predicted molar refractivity (Wildman–Crippen MR) is 109 cm³/mol. The van der Waals surface area contributed by atoms with E-state index in [0.717, 1.165) is 41.0 Å². The lowest BCUT2D eigenvalue weighted by Gasteiger charge is -2.16. The van der Waals surface area contributed by atoms with Gasteiger partial charge in [0.2, 0.25) is 5.91 Å². The number of methoxy groups -OCH3 is 1. The van der Waals surface area contributed by atoms with Crippen molar-refractivity contribution in [3.63, 3.8) is 0 Å². The summed E-state index contributed by atoms with van der Waals surface area (Å²) < 4.78 is 6.21. The maximum absolute atomic E-state index is 12.2. The first-order chi connectivity index (χ1) is 13.1. The highest BCUT2D eigenvalue weighted by Crippen LogP contribution is 2.33. The number of unbranched alkanes of at least 4 members (excludes halogenated alkanes) is 1. The second kappa shape index (κ2) is 7.93. The first kappa shape index (κ1) is 18.4. The van der Waals surface area contributed by atoms with Crippen LogP contribution in [-0.4, -0.2) is 47.1 Å². The molecule has 3 amide bonds. The van der Waals surface area contributed by atoms with E-state index in [1.54, 1.807) is 7.11 Å². The number of hydrogen-bond acceptors (Lipinski definition) is 6. The Morgan fingerprint density at radius 2 is 2.26 bits per heavy atom. The number of urea groups is 1. The third-order valence-corrected chi connectivity index (χ3v) is 7.36. The van der Waals surface area contributed by atoms with Crippen molar-refractivity contribution in [1.82, 2.24) is 15.6 Å². The molecular weight excluding hydrogens is 384 g/mol. The maximum Gasteiger partial charge on any atom is 0.315 e. The van der Waals surface area contributed by atoms with Crippen molar-refractivity contribution in [2.24, 2.45) is 0 Å². The Kier molecular flexibility index (Phi) is 5.40. The van der Waals surface area contributed by atoms with Crippen LogP contribution < -0.4 is 20.7 Å². The molecule has 144 valence electrons. The number of thioether (sulfide) groups is 1. The molecule has 1 aromatic heterocycles. The average molecular weight is 407 g/mol. The summed E-state index contributed by atoms with van der Waals surface area (Å²) in [7, 11) is 1.63. The molecular formula is C18H22N4O3S2. The van der Waals surface area contributed by atoms with Crippen LogP contribution in [0.25, 0.3) is 10.2 Å². The minimum atomic E-state index is -0.0527. The van der Waals surface area contributed by atoms with E-state index in [9.17, 15) is 9.59 Å². The molecule has 2 aliphatic rings. The van der Waals surface area contributed by atoms with Crippen molar-refractivity contribution in [3.05, 3.63) is 18.2 Å². The zero-order valence-electron chi connectivity index (χ0n) is 15.0. The number of aromatic nitrogens is 1. The lowest BCUT2D eigenvalue weighted by atomic mass is 10.0. The van der Waals surface area contributed by atoms with Crippen LogP contribution >= 0.6 is 23.1 Å². The van der Waals surface area contributed by atoms with Gasteiger partial charge in [-0.2, -0.15) is 11.8 Å². The van der Waals surface area contributed by atoms with Crippen LogP contribution in [0.15, 0.2) is 18.2 Å². The van der Waals surface area contributed by atoms with E-state index >= 15 is 0 Å². The smallest absolute Gasteiger partial charge is 0.315 e. The Bertz CT molecular complexity index is 856. The van der Waals surface area contributed by atoms with Gasteiger partial charge < -0.3 is 20.7 Å². The summed E-state index contributed by atoms with van der Waals surface area (Å²) in [6.45, 7) is 0. The van der Waals surface area contributed by atoms with Gasteiger partial charge in [-0.1, -0.05) is 17.8 Å². The SMILES string of the molecule is COc1ccc2nc(NC(=O)CCCC[C@@H]3SC[C@H]4NC(=O)N[C@H]34)sc2c1. The van der Waals surface area contributed by atoms with Gasteiger partial charge in [0.05, 0.1) is 29.4 Å². The predicted octanol–water partition coefficient (Wildman–Crippen LogP) is 2.97. The van der Waals surface area contributed by atoms with E-state index in [2.05, 4.69) is 20.9 Å². The molecule has 0 unspecified atom stereocenters. The highest BCUT2D eigenvalue weighted by Gasteiger charge is 2.42. The molecule has 0 radical (unpaired) electrons. The van der Waals surface area contributed by atoms with Gasteiger partial charge in [0.25, 0.3) is 0 Å². The largest absolute Gasteiger partial charge is 0.497 e. The zero-order chi connectivity index (χ0) is 18.8. The highest BCUT2D eigenvalue weighted by atomic mass is 32.2. The number of fused-ring (bicyclic) bond motifs is 2. The molecule has 4 rings (SSSR count). The molecule has 2 aliphatic heterocycles. The number of carbonyl (C=O) groups excluding carboxylic acids is 2. The summed E-state index contributed by atoms with van der Waals surface area (Å²) in [5.74, 6) is 1.75. The molecule has 7 nitrogen and oxygen atoms in total. The third kappa shape index (κ3) is 4.14. The second-order valence-electron chi connectivity index (χ2n) is 6.77. The molecule has 2 saturated heterocycles. The maximum atomic E-state index is 12.2. The standard InChI is InChI=1S/C18H22N4O3S2/c1-25-10-6-7-11-14(8-10)27-18(20-11)21-15(23)5-3-2-4-13-16-12(9-26-13)19-17(24)22-16/h6-8,12-13,16H,2-5,9H2,1H3,(H2,19,22,24)(H,20,21,23)/t12-,13+,16+/m1/s1. The molecule has 27 heavy (non-hydrogen) atoms. The highest BCUT2D eigenvalue weighted by molar-refractivity contribution is 8.00. The van der Waals surface area contributed by atoms with E-state index < -0.39 is 0 Å². The lowest BCUT2D eigenvalue weighted by Crippen LogP contribution is -2.36. The van der Waals surface area contributed by atoms with Crippen LogP contribution in [-0.2, 0) is 4.79 Å². The van der Waals surface area contributed by atoms with Crippen molar-refractivity contribution < 1.29 is 14.3 Å². The first-order valence-corrected chi connectivity index (χ1v) is 10.9. The number of amides is 3. The summed E-state index contributed by atoms with van der Waals surface area (Å²) in [5.41, 5.74) is 0.858. The molecule has 0 spiro atoms. The third-order valence-electron chi connectivity index (χ3n) is 4.92. The van der Waals surface area contributed by atoms with Crippen LogP contribution in [0, 0.1) is 0 Å². The Labute approximate surface area is 165 Å². The number of ether oxygens (including phenoxy) is 1. The lowest BCUT2D eigenvalue weighted by molar-refractivity contribution is -0.116. The Balaban J connectivity index is 1.21. The van der Waals surface area contributed by atoms with Crippen molar-refractivity contribution >= 4 is 50.4 Å². The molecule has 2 fully saturated rings. The number of hydrogen-bond donors (Lipinski definition) is 3. The van der Waals surface area contributed by atoms with Gasteiger partial charge in [-0.15, -0.1) is 0 Å². The number of anilines is 1. The summed E-state index contributed by atoms with van der Waals surface area (Å²) >= 11 is 3.36. The van der Waals surface area contributed by atoms with Crippen LogP contribution in [0.4, 0.5) is 9.93 Å². The fraction of sp³-hybridized carbons (Fsp3) is 0.500. The van der Waals surface area contributed by atoms with Gasteiger partial charge in [0.1, 0.15) is 5.75 Å². The molecule has 3 N–H and O–H groups in total. The van der Waals surface area contributed by atoms with Crippen molar-refractivity contribution in [2.45, 2.75) is 43.0 Å². The van der Waals surface area contributed by atoms with Crippen LogP contribution in [0.5, 0.6) is 5.75 Å². The van der Waals surface area contributed by atoms with Crippen molar-refractivity contribution in [2.75, 3.05) is 18.2 Å². The Hall–Kier alpha value is -2.00.